The second kappa shape index (κ2) is 8.15. The number of ketones is 1. The molecule has 2 aromatic rings. The van der Waals surface area contributed by atoms with E-state index in [1.165, 1.54) is 12.4 Å². The minimum absolute atomic E-state index is 0.0599. The lowest BCUT2D eigenvalue weighted by Gasteiger charge is -2.20. The first-order valence-electron chi connectivity index (χ1n) is 8.14. The maximum absolute atomic E-state index is 12.4. The molecule has 0 saturated carbocycles. The Balaban J connectivity index is 2.00. The molecule has 0 radical (unpaired) electrons. The highest BCUT2D eigenvalue weighted by Crippen LogP contribution is 2.54. The Labute approximate surface area is 160 Å². The molecule has 1 aliphatic rings. The topological polar surface area (TPSA) is 90.4 Å². The third-order valence-electron chi connectivity index (χ3n) is 3.80. The molecule has 3 heterocycles. The summed E-state index contributed by atoms with van der Waals surface area (Å²) in [5, 5.41) is 18.1. The molecule has 0 aliphatic carbocycles. The summed E-state index contributed by atoms with van der Waals surface area (Å²) >= 11 is 0. The first-order chi connectivity index (χ1) is 13.2. The molecule has 27 heavy (non-hydrogen) atoms. The molecule has 0 amide bonds. The van der Waals surface area contributed by atoms with E-state index in [2.05, 4.69) is 27.9 Å². The largest absolute Gasteiger partial charge is 0.294 e. The summed E-state index contributed by atoms with van der Waals surface area (Å²) in [6.45, 7) is 1.82. The molecular weight excluding hydrogens is 356 g/mol. The summed E-state index contributed by atoms with van der Waals surface area (Å²) in [5.74, 6) is 6.20. The molecule has 5 nitrogen and oxygen atoms in total. The Hall–Kier alpha value is -3.66. The zero-order chi connectivity index (χ0) is 19.2. The molecule has 0 aromatic carbocycles. The number of allylic oxidation sites excluding steroid dienone is 4. The summed E-state index contributed by atoms with van der Waals surface area (Å²) in [5.41, 5.74) is 1.52. The first-order valence-corrected chi connectivity index (χ1v) is 9.48. The Morgan fingerprint density at radius 1 is 0.963 bits per heavy atom. The van der Waals surface area contributed by atoms with Crippen molar-refractivity contribution in [3.8, 4) is 24.0 Å². The van der Waals surface area contributed by atoms with Crippen molar-refractivity contribution < 1.29 is 4.79 Å². The van der Waals surface area contributed by atoms with Gasteiger partial charge in [0, 0.05) is 51.5 Å². The molecule has 130 valence electrons. The van der Waals surface area contributed by atoms with Gasteiger partial charge in [-0.05, 0) is 24.3 Å². The van der Waals surface area contributed by atoms with Gasteiger partial charge < -0.3 is 0 Å². The predicted octanol–water partition coefficient (Wildman–Crippen LogP) is 3.39. The van der Waals surface area contributed by atoms with Gasteiger partial charge in [0.15, 0.2) is 5.78 Å². The molecule has 0 bridgehead atoms. The van der Waals surface area contributed by atoms with Crippen LogP contribution in [0.5, 0.6) is 0 Å². The highest BCUT2D eigenvalue weighted by molar-refractivity contribution is 8.24. The molecule has 1 unspecified atom stereocenters. The van der Waals surface area contributed by atoms with Gasteiger partial charge in [0.2, 0.25) is 0 Å². The molecule has 0 fully saturated rings. The number of rotatable bonds is 3. The Kier molecular flexibility index (Phi) is 5.47. The number of hydrogen-bond donors (Lipinski definition) is 1. The number of carbonyl (C=O) groups excluding carboxylic acids is 1. The number of nitrogens with zero attached hydrogens (tertiary/aromatic N) is 4. The van der Waals surface area contributed by atoms with Crippen molar-refractivity contribution in [1.29, 1.82) is 10.5 Å². The molecule has 2 aromatic heterocycles. The Morgan fingerprint density at radius 3 is 2.33 bits per heavy atom. The number of carbonyl (C=O) groups is 1. The van der Waals surface area contributed by atoms with Crippen LogP contribution in [0.4, 0.5) is 0 Å². The molecule has 3 rings (SSSR count). The fourth-order valence-corrected chi connectivity index (χ4v) is 4.82. The minimum Gasteiger partial charge on any atom is -0.294 e. The zero-order valence-corrected chi connectivity index (χ0v) is 15.4. The summed E-state index contributed by atoms with van der Waals surface area (Å²) < 4.78 is 0. The van der Waals surface area contributed by atoms with Crippen LogP contribution in [0, 0.1) is 34.5 Å². The molecule has 1 atom stereocenters. The van der Waals surface area contributed by atoms with Gasteiger partial charge in [-0.15, -0.1) is 0 Å². The van der Waals surface area contributed by atoms with Crippen LogP contribution >= 0.6 is 10.9 Å². The van der Waals surface area contributed by atoms with E-state index in [9.17, 15) is 4.79 Å². The average Bonchev–Trinajstić information content (AvgIpc) is 3.15. The second-order valence-corrected chi connectivity index (χ2v) is 7.73. The van der Waals surface area contributed by atoms with E-state index in [1.807, 2.05) is 25.1 Å². The molecule has 6 heteroatoms. The number of hydrogen-bond acceptors (Lipinski definition) is 5. The van der Waals surface area contributed by atoms with Crippen molar-refractivity contribution in [1.82, 2.24) is 9.97 Å². The van der Waals surface area contributed by atoms with Crippen molar-refractivity contribution >= 4 is 16.7 Å². The van der Waals surface area contributed by atoms with E-state index in [4.69, 9.17) is 10.5 Å². The maximum atomic E-state index is 12.4. The van der Waals surface area contributed by atoms with Gasteiger partial charge in [0.1, 0.15) is 12.1 Å². The van der Waals surface area contributed by atoms with E-state index >= 15 is 0 Å². The van der Waals surface area contributed by atoms with Gasteiger partial charge in [0.05, 0.1) is 11.1 Å². The average molecular weight is 370 g/mol. The predicted molar refractivity (Wildman–Crippen MR) is 103 cm³/mol. The first kappa shape index (κ1) is 18.1. The highest BCUT2D eigenvalue weighted by atomic mass is 32.2. The lowest BCUT2D eigenvalue weighted by atomic mass is 10.2. The van der Waals surface area contributed by atoms with Gasteiger partial charge in [-0.25, -0.2) is 0 Å². The third kappa shape index (κ3) is 3.96. The van der Waals surface area contributed by atoms with E-state index in [1.54, 1.807) is 24.5 Å². The summed E-state index contributed by atoms with van der Waals surface area (Å²) in [6, 6.07) is 7.55. The lowest BCUT2D eigenvalue weighted by molar-refractivity contribution is -0.114. The van der Waals surface area contributed by atoms with Gasteiger partial charge in [-0.1, -0.05) is 18.8 Å². The number of Topliss-reactive ketones (excluding diaryl/α,β-unsaturated/α-hetero) is 1. The van der Waals surface area contributed by atoms with E-state index in [0.29, 0.717) is 28.0 Å². The standard InChI is InChI=1S/C21H14N4OS/c1-2-20(26)21-6-5-18(4-3-15-7-16(9-22)12-24-11-15)27(21)19-8-17(10-23)13-25-14-19/h5-8,11-14,27H,2H2,1H3. The van der Waals surface area contributed by atoms with Crippen molar-refractivity contribution in [2.45, 2.75) is 18.2 Å². The number of aromatic nitrogens is 2. The summed E-state index contributed by atoms with van der Waals surface area (Å²) in [7, 11) is -1.14. The van der Waals surface area contributed by atoms with E-state index in [0.717, 1.165) is 9.80 Å². The normalized spacial score (nSPS) is 16.2. The van der Waals surface area contributed by atoms with Crippen molar-refractivity contribution in [3.05, 3.63) is 75.6 Å². The van der Waals surface area contributed by atoms with E-state index < -0.39 is 10.9 Å². The fraction of sp³-hybridized carbons (Fsp3) is 0.0952. The van der Waals surface area contributed by atoms with Crippen LogP contribution < -0.4 is 0 Å². The van der Waals surface area contributed by atoms with E-state index in [-0.39, 0.29) is 5.78 Å². The summed E-state index contributed by atoms with van der Waals surface area (Å²) in [4.78, 5) is 22.9. The Bertz CT molecular complexity index is 1120. The number of pyridine rings is 2. The molecule has 0 saturated heterocycles. The number of nitriles is 2. The summed E-state index contributed by atoms with van der Waals surface area (Å²) in [6.07, 6.45) is 10.3. The van der Waals surface area contributed by atoms with Crippen LogP contribution in [0.1, 0.15) is 30.0 Å². The maximum Gasteiger partial charge on any atom is 0.167 e. The van der Waals surface area contributed by atoms with Crippen LogP contribution in [-0.4, -0.2) is 15.8 Å². The van der Waals surface area contributed by atoms with Crippen LogP contribution in [0.2, 0.25) is 0 Å². The van der Waals surface area contributed by atoms with Crippen LogP contribution in [0.15, 0.2) is 63.8 Å². The smallest absolute Gasteiger partial charge is 0.167 e. The quantitative estimate of drug-likeness (QED) is 0.661. The zero-order valence-electron chi connectivity index (χ0n) is 14.5. The van der Waals surface area contributed by atoms with Crippen molar-refractivity contribution in [3.63, 3.8) is 0 Å². The molecule has 0 N–H and O–H groups in total. The van der Waals surface area contributed by atoms with Crippen LogP contribution in [0.25, 0.3) is 0 Å². The fourth-order valence-electron chi connectivity index (χ4n) is 2.53. The lowest BCUT2D eigenvalue weighted by Crippen LogP contribution is -2.01. The molecule has 0 spiro atoms. The van der Waals surface area contributed by atoms with Gasteiger partial charge >= 0.3 is 0 Å². The SMILES string of the molecule is CCC(=O)C1=CC=C(C#Cc2cncc(C#N)c2)[SH]1c1cncc(C#N)c1. The third-order valence-corrected chi connectivity index (χ3v) is 6.18. The highest BCUT2D eigenvalue weighted by Gasteiger charge is 2.25. The molecular formula is C21H14N4OS. The minimum atomic E-state index is -1.14. The van der Waals surface area contributed by atoms with Crippen LogP contribution in [-0.2, 0) is 4.79 Å². The van der Waals surface area contributed by atoms with Gasteiger partial charge in [-0.3, -0.25) is 14.8 Å². The second-order valence-electron chi connectivity index (χ2n) is 5.58. The van der Waals surface area contributed by atoms with Gasteiger partial charge in [0.25, 0.3) is 0 Å². The van der Waals surface area contributed by atoms with Crippen molar-refractivity contribution in [2.24, 2.45) is 0 Å². The van der Waals surface area contributed by atoms with Crippen molar-refractivity contribution in [2.75, 3.05) is 0 Å². The Morgan fingerprint density at radius 2 is 1.63 bits per heavy atom. The molecule has 1 aliphatic heterocycles. The monoisotopic (exact) mass is 370 g/mol. The number of thiol groups is 1. The van der Waals surface area contributed by atoms with Crippen LogP contribution in [0.3, 0.4) is 0 Å². The van der Waals surface area contributed by atoms with Gasteiger partial charge in [-0.2, -0.15) is 21.4 Å².